The van der Waals surface area contributed by atoms with Gasteiger partial charge in [0.25, 0.3) is 10.1 Å². The number of carbonyl (C=O) groups is 1. The molecule has 0 amide bonds. The lowest BCUT2D eigenvalue weighted by molar-refractivity contribution is -0.190. The summed E-state index contributed by atoms with van der Waals surface area (Å²) in [6.45, 7) is 47.2. The summed E-state index contributed by atoms with van der Waals surface area (Å²) in [6.07, 6.45) is 43.4. The van der Waals surface area contributed by atoms with Gasteiger partial charge in [0.15, 0.2) is 23.1 Å². The van der Waals surface area contributed by atoms with Crippen LogP contribution in [0.4, 0.5) is 0 Å². The van der Waals surface area contributed by atoms with Gasteiger partial charge in [-0.1, -0.05) is 102 Å². The SMILES string of the molecule is C/C=C1/CCC2C3C(CC[C@]12C)[C@@]1(C)CC[C@@H](O)CC1[C@H]1OC(C)(C)O[C@H]31.C/C=C1/CCC2C3C(CC[C@]12C)[C@@]1(C)CC[C@@H](OC(C)=O)CC1[C@H]1OC(C)(C)O[C@H]31.C/C=C1/CCC2C3C(CC[C@]12C)[C@@]1(C)CC[C@H](O)CC1[C@H]1OC(C)(C)O[C@H]31.C/C=C1/CCC2C3C(CC[C@]12C)[C@@]1(C)CC[C@H](OS(C)(=O)=O)CC1[C@H]1OC(C)(C)O[C@H]31. The zero-order valence-electron chi connectivity index (χ0n) is 75.4. The standard InChI is InChI=1S/C26H40O4.C25H40O5S.2C24H38O3/c1-7-16-8-9-18-21-19(11-13-25(16,18)5)26(6)12-10-17(28-15(2)27)14-20(26)22-23(21)30-24(3,4)29-22;1-7-15-8-9-17-20-18(11-13-24(15,17)4)25(5)12-10-16(30-31(6,26)27)14-19(25)21-22(20)29-23(2,3)28-21;2*1-6-14-7-8-16-19-17(10-12-23(14,16)4)24(5)11-9-15(25)13-18(24)20-21(19)27-22(2,3)26-20/h7,17-23H,8-14H2,1-6H3;7,16-22H,8-14H2,1-6H3;2*6,15-21,25H,7-13H2,1-5H3/b16-7-;15-7-;2*14-6-/t17-,18?,19?,20?,21?,22-,23-,25-,26-;16-,17?,18?,19?,20?,21+,22+,24+,25+;15-,16?,17?,18?,19?,20+,21+,23+,24+;15-,16?,17?,18?,19?,20-,21-,23-,24-/m1001/s1. The molecule has 16 unspecified atom stereocenters. The van der Waals surface area contributed by atoms with Gasteiger partial charge in [0.2, 0.25) is 0 Å². The number of aliphatic hydroxyl groups is 2. The minimum absolute atomic E-state index is 0.0178. The molecule has 4 saturated heterocycles. The van der Waals surface area contributed by atoms with Gasteiger partial charge in [-0.05, 0) is 401 Å². The molecule has 20 aliphatic rings. The van der Waals surface area contributed by atoms with Gasteiger partial charge in [0, 0.05) is 6.92 Å². The first-order chi connectivity index (χ1) is 53.9. The smallest absolute Gasteiger partial charge is 0.302 e. The van der Waals surface area contributed by atoms with Crippen LogP contribution in [0.2, 0.25) is 0 Å². The molecule has 0 bridgehead atoms. The van der Waals surface area contributed by atoms with E-state index in [-0.39, 0.29) is 112 Å². The van der Waals surface area contributed by atoms with Crippen LogP contribution in [0.15, 0.2) is 46.6 Å². The molecule has 0 aromatic rings. The maximum atomic E-state index is 11.8. The predicted molar refractivity (Wildman–Crippen MR) is 448 cm³/mol. The number of aliphatic hydroxyl groups excluding tert-OH is 2. The largest absolute Gasteiger partial charge is 0.463 e. The molecule has 16 saturated carbocycles. The van der Waals surface area contributed by atoms with Crippen molar-refractivity contribution in [2.45, 2.75) is 422 Å². The van der Waals surface area contributed by atoms with E-state index in [2.05, 4.69) is 149 Å². The van der Waals surface area contributed by atoms with Crippen molar-refractivity contribution in [3.63, 3.8) is 0 Å². The molecule has 20 fully saturated rings. The lowest BCUT2D eigenvalue weighted by atomic mass is 9.43. The Morgan fingerprint density at radius 2 is 0.574 bits per heavy atom. The highest BCUT2D eigenvalue weighted by molar-refractivity contribution is 7.86. The molecular formula is C99H156O15S. The Morgan fingerprint density at radius 3 is 0.835 bits per heavy atom. The summed E-state index contributed by atoms with van der Waals surface area (Å²) in [6, 6.07) is 0. The zero-order chi connectivity index (χ0) is 82.3. The van der Waals surface area contributed by atoms with Crippen molar-refractivity contribution in [1.29, 1.82) is 0 Å². The molecule has 0 aromatic heterocycles. The van der Waals surface area contributed by atoms with Crippen molar-refractivity contribution in [2.24, 2.45) is 138 Å². The Kier molecular flexibility index (Phi) is 21.7. The number of esters is 1. The van der Waals surface area contributed by atoms with Crippen LogP contribution in [0.25, 0.3) is 0 Å². The van der Waals surface area contributed by atoms with Crippen LogP contribution in [0, 0.1) is 138 Å². The average Bonchev–Trinajstić information content (AvgIpc) is 1.61. The Morgan fingerprint density at radius 1 is 0.330 bits per heavy atom. The van der Waals surface area contributed by atoms with Crippen molar-refractivity contribution in [2.75, 3.05) is 6.26 Å². The lowest BCUT2D eigenvalue weighted by Crippen LogP contribution is -2.63. The zero-order valence-corrected chi connectivity index (χ0v) is 76.2. The van der Waals surface area contributed by atoms with Gasteiger partial charge in [-0.15, -0.1) is 0 Å². The molecule has 4 aliphatic heterocycles. The van der Waals surface area contributed by atoms with Gasteiger partial charge in [-0.2, -0.15) is 8.42 Å². The van der Waals surface area contributed by atoms with E-state index >= 15 is 0 Å². The molecule has 2 N–H and O–H groups in total. The third kappa shape index (κ3) is 13.6. The number of rotatable bonds is 3. The van der Waals surface area contributed by atoms with Gasteiger partial charge >= 0.3 is 5.97 Å². The van der Waals surface area contributed by atoms with E-state index in [0.29, 0.717) is 93.2 Å². The van der Waals surface area contributed by atoms with Crippen LogP contribution in [0.3, 0.4) is 0 Å². The first-order valence-electron chi connectivity index (χ1n) is 47.3. The number of carbonyl (C=O) groups excluding carboxylic acids is 1. The second-order valence-electron chi connectivity index (χ2n) is 46.2. The first-order valence-corrected chi connectivity index (χ1v) is 49.1. The van der Waals surface area contributed by atoms with Crippen LogP contribution >= 0.6 is 0 Å². The molecule has 15 nitrogen and oxygen atoms in total. The van der Waals surface area contributed by atoms with Gasteiger partial charge in [-0.3, -0.25) is 8.98 Å². The highest BCUT2D eigenvalue weighted by Crippen LogP contribution is 2.75. The first kappa shape index (κ1) is 85.1. The number of fused-ring (bicyclic) bond motifs is 32. The van der Waals surface area contributed by atoms with Crippen molar-refractivity contribution < 1.29 is 70.2 Å². The fraction of sp³-hybridized carbons (Fsp3) is 0.909. The number of hydrogen-bond acceptors (Lipinski definition) is 15. The molecule has 0 aromatic carbocycles. The monoisotopic (exact) mass is 1620 g/mol. The van der Waals surface area contributed by atoms with Gasteiger partial charge in [-0.25, -0.2) is 0 Å². The summed E-state index contributed by atoms with van der Waals surface area (Å²) in [5, 5.41) is 20.9. The van der Waals surface area contributed by atoms with E-state index in [1.807, 2.05) is 13.8 Å². The molecular weight excluding hydrogens is 1460 g/mol. The van der Waals surface area contributed by atoms with Crippen LogP contribution in [-0.2, 0) is 61.7 Å². The average molecular weight is 1620 g/mol. The molecule has 0 radical (unpaired) electrons. The Hall–Kier alpha value is -2.06. The highest BCUT2D eigenvalue weighted by Gasteiger charge is 2.74. The summed E-state index contributed by atoms with van der Waals surface area (Å²) in [4.78, 5) is 11.6. The summed E-state index contributed by atoms with van der Waals surface area (Å²) < 4.78 is 87.9. The maximum Gasteiger partial charge on any atom is 0.302 e. The molecule has 16 heteroatoms. The fourth-order valence-corrected chi connectivity index (χ4v) is 35.3. The number of hydrogen-bond donors (Lipinski definition) is 2. The second-order valence-corrected chi connectivity index (χ2v) is 47.8. The number of allylic oxidation sites excluding steroid dienone is 8. The summed E-state index contributed by atoms with van der Waals surface area (Å²) in [7, 11) is -3.46. The molecule has 648 valence electrons. The van der Waals surface area contributed by atoms with Gasteiger partial charge in [0.05, 0.1) is 73.4 Å². The number of ether oxygens (including phenoxy) is 9. The summed E-state index contributed by atoms with van der Waals surface area (Å²) in [5.41, 5.74) is 8.98. The molecule has 16 aliphatic carbocycles. The van der Waals surface area contributed by atoms with E-state index in [4.69, 9.17) is 46.8 Å². The topological polar surface area (TPSA) is 184 Å². The normalized spacial score (nSPS) is 55.0. The van der Waals surface area contributed by atoms with Crippen LogP contribution in [0.5, 0.6) is 0 Å². The molecule has 0 spiro atoms. The van der Waals surface area contributed by atoms with E-state index < -0.39 is 33.3 Å². The molecule has 4 heterocycles. The quantitative estimate of drug-likeness (QED) is 0.154. The van der Waals surface area contributed by atoms with Crippen LogP contribution in [0.1, 0.15) is 325 Å². The second kappa shape index (κ2) is 29.3. The lowest BCUT2D eigenvalue weighted by Gasteiger charge is -2.63. The Labute approximate surface area is 694 Å². The van der Waals surface area contributed by atoms with Crippen molar-refractivity contribution >= 4 is 16.1 Å². The van der Waals surface area contributed by atoms with Crippen molar-refractivity contribution in [1.82, 2.24) is 0 Å². The predicted octanol–water partition coefficient (Wildman–Crippen LogP) is 20.9. The third-order valence-corrected chi connectivity index (χ3v) is 40.0. The fourth-order valence-electron chi connectivity index (χ4n) is 34.6. The van der Waals surface area contributed by atoms with E-state index in [1.54, 1.807) is 22.3 Å². The molecule has 115 heavy (non-hydrogen) atoms. The summed E-state index contributed by atoms with van der Waals surface area (Å²) in [5.74, 6) is 7.01. The molecule has 36 atom stereocenters. The highest BCUT2D eigenvalue weighted by atomic mass is 32.2. The Bertz CT molecular complexity index is 3820. The minimum atomic E-state index is -3.46. The van der Waals surface area contributed by atoms with Crippen LogP contribution < -0.4 is 0 Å². The van der Waals surface area contributed by atoms with E-state index in [9.17, 15) is 23.4 Å². The minimum Gasteiger partial charge on any atom is -0.463 e. The third-order valence-electron chi connectivity index (χ3n) is 39.4. The van der Waals surface area contributed by atoms with E-state index in [0.717, 1.165) is 88.9 Å². The van der Waals surface area contributed by atoms with Gasteiger partial charge in [0.1, 0.15) is 6.10 Å². The maximum absolute atomic E-state index is 11.8. The summed E-state index contributed by atoms with van der Waals surface area (Å²) >= 11 is 0. The van der Waals surface area contributed by atoms with Crippen molar-refractivity contribution in [3.05, 3.63) is 46.6 Å². The van der Waals surface area contributed by atoms with Crippen molar-refractivity contribution in [3.8, 4) is 0 Å². The molecule has 20 rings (SSSR count). The Balaban J connectivity index is 0.000000111. The van der Waals surface area contributed by atoms with Gasteiger partial charge < -0.3 is 52.8 Å². The van der Waals surface area contributed by atoms with Crippen LogP contribution in [-0.4, -0.2) is 127 Å². The van der Waals surface area contributed by atoms with E-state index in [1.165, 1.54) is 116 Å².